The number of nitrogens with zero attached hydrogens (tertiary/aromatic N) is 3. The van der Waals surface area contributed by atoms with Gasteiger partial charge in [0.25, 0.3) is 0 Å². The van der Waals surface area contributed by atoms with Gasteiger partial charge in [0, 0.05) is 29.9 Å². The molecule has 0 unspecified atom stereocenters. The van der Waals surface area contributed by atoms with Gasteiger partial charge >= 0.3 is 0 Å². The number of para-hydroxylation sites is 2. The third-order valence-corrected chi connectivity index (χ3v) is 4.29. The van der Waals surface area contributed by atoms with E-state index in [0.717, 1.165) is 33.4 Å². The van der Waals surface area contributed by atoms with Gasteiger partial charge in [-0.05, 0) is 23.8 Å². The fourth-order valence-corrected chi connectivity index (χ4v) is 3.15. The van der Waals surface area contributed by atoms with Gasteiger partial charge in [0.1, 0.15) is 5.92 Å². The number of pyridine rings is 1. The van der Waals surface area contributed by atoms with Crippen LogP contribution in [0.25, 0.3) is 16.5 Å². The van der Waals surface area contributed by atoms with Crippen LogP contribution in [-0.2, 0) is 0 Å². The molecule has 1 aliphatic heterocycles. The van der Waals surface area contributed by atoms with Gasteiger partial charge in [0.2, 0.25) is 0 Å². The van der Waals surface area contributed by atoms with Gasteiger partial charge in [-0.25, -0.2) is 4.98 Å². The van der Waals surface area contributed by atoms with E-state index < -0.39 is 0 Å². The number of allylic oxidation sites excluding steroid dienone is 1. The number of aromatic nitrogens is 1. The summed E-state index contributed by atoms with van der Waals surface area (Å²) in [5.41, 5.74) is 4.86. The van der Waals surface area contributed by atoms with Crippen LogP contribution in [0.15, 0.2) is 66.9 Å². The van der Waals surface area contributed by atoms with Crippen molar-refractivity contribution in [2.45, 2.75) is 5.92 Å². The summed E-state index contributed by atoms with van der Waals surface area (Å²) < 4.78 is 0. The third-order valence-electron chi connectivity index (χ3n) is 4.29. The maximum atomic E-state index is 9.73. The molecule has 0 amide bonds. The normalized spacial score (nSPS) is 16.6. The zero-order valence-corrected chi connectivity index (χ0v) is 12.8. The molecule has 4 rings (SSSR count). The Morgan fingerprint density at radius 3 is 2.65 bits per heavy atom. The van der Waals surface area contributed by atoms with Crippen LogP contribution < -0.4 is 4.90 Å². The Morgan fingerprint density at radius 2 is 1.78 bits per heavy atom. The molecule has 1 aromatic heterocycles. The predicted molar refractivity (Wildman–Crippen MR) is 92.9 cm³/mol. The Bertz CT molecular complexity index is 966. The molecule has 1 atom stereocenters. The number of nitriles is 1. The Balaban J connectivity index is 1.88. The molecule has 2 aromatic carbocycles. The van der Waals surface area contributed by atoms with Crippen LogP contribution in [-0.4, -0.2) is 12.0 Å². The van der Waals surface area contributed by atoms with E-state index >= 15 is 0 Å². The van der Waals surface area contributed by atoms with Crippen LogP contribution in [0.2, 0.25) is 0 Å². The van der Waals surface area contributed by atoms with Crippen LogP contribution in [0.3, 0.4) is 0 Å². The number of benzene rings is 2. The van der Waals surface area contributed by atoms with Crippen molar-refractivity contribution in [3.05, 3.63) is 78.1 Å². The SMILES string of the molecule is CN1C=C(c2ccc3ccccc3n2)[C@H](C#N)c2ccccc21. The van der Waals surface area contributed by atoms with E-state index in [1.807, 2.05) is 67.8 Å². The van der Waals surface area contributed by atoms with Crippen LogP contribution in [0, 0.1) is 11.3 Å². The molecule has 0 radical (unpaired) electrons. The lowest BCUT2D eigenvalue weighted by Crippen LogP contribution is -2.19. The molecular formula is C20H15N3. The first-order valence-electron chi connectivity index (χ1n) is 7.57. The van der Waals surface area contributed by atoms with Crippen molar-refractivity contribution in [2.24, 2.45) is 0 Å². The molecule has 0 N–H and O–H groups in total. The summed E-state index contributed by atoms with van der Waals surface area (Å²) in [5.74, 6) is -0.295. The molecule has 3 heteroatoms. The van der Waals surface area contributed by atoms with Crippen molar-refractivity contribution in [1.82, 2.24) is 4.98 Å². The average Bonchev–Trinajstić information content (AvgIpc) is 2.61. The summed E-state index contributed by atoms with van der Waals surface area (Å²) in [6.07, 6.45) is 2.02. The van der Waals surface area contributed by atoms with Gasteiger partial charge in [0.15, 0.2) is 0 Å². The highest BCUT2D eigenvalue weighted by atomic mass is 15.1. The van der Waals surface area contributed by atoms with E-state index in [9.17, 15) is 5.26 Å². The number of rotatable bonds is 1. The smallest absolute Gasteiger partial charge is 0.102 e. The fourth-order valence-electron chi connectivity index (χ4n) is 3.15. The topological polar surface area (TPSA) is 39.9 Å². The average molecular weight is 297 g/mol. The monoisotopic (exact) mass is 297 g/mol. The fraction of sp³-hybridized carbons (Fsp3) is 0.100. The zero-order valence-electron chi connectivity index (χ0n) is 12.8. The summed E-state index contributed by atoms with van der Waals surface area (Å²) in [5, 5.41) is 10.8. The van der Waals surface area contributed by atoms with E-state index in [-0.39, 0.29) is 5.92 Å². The summed E-state index contributed by atoms with van der Waals surface area (Å²) in [7, 11) is 2.01. The Hall–Kier alpha value is -3.12. The molecule has 3 nitrogen and oxygen atoms in total. The molecule has 110 valence electrons. The number of fused-ring (bicyclic) bond motifs is 2. The Morgan fingerprint density at radius 1 is 1.00 bits per heavy atom. The van der Waals surface area contributed by atoms with Crippen molar-refractivity contribution >= 4 is 22.2 Å². The molecule has 3 aromatic rings. The van der Waals surface area contributed by atoms with Crippen LogP contribution in [0.5, 0.6) is 0 Å². The lowest BCUT2D eigenvalue weighted by molar-refractivity contribution is 1.02. The predicted octanol–water partition coefficient (Wildman–Crippen LogP) is 4.33. The molecule has 2 heterocycles. The largest absolute Gasteiger partial charge is 0.350 e. The minimum Gasteiger partial charge on any atom is -0.350 e. The molecule has 0 bridgehead atoms. The third kappa shape index (κ3) is 2.16. The van der Waals surface area contributed by atoms with Crippen molar-refractivity contribution < 1.29 is 0 Å². The van der Waals surface area contributed by atoms with Gasteiger partial charge in [-0.15, -0.1) is 0 Å². The van der Waals surface area contributed by atoms with E-state index in [1.54, 1.807) is 0 Å². The van der Waals surface area contributed by atoms with Crippen LogP contribution in [0.4, 0.5) is 5.69 Å². The van der Waals surface area contributed by atoms with Crippen molar-refractivity contribution in [3.8, 4) is 6.07 Å². The molecular weight excluding hydrogens is 282 g/mol. The minimum atomic E-state index is -0.295. The van der Waals surface area contributed by atoms with Crippen LogP contribution >= 0.6 is 0 Å². The number of anilines is 1. The van der Waals surface area contributed by atoms with Gasteiger partial charge in [0.05, 0.1) is 17.3 Å². The molecule has 23 heavy (non-hydrogen) atoms. The van der Waals surface area contributed by atoms with Gasteiger partial charge in [-0.2, -0.15) is 5.26 Å². The van der Waals surface area contributed by atoms with Crippen LogP contribution in [0.1, 0.15) is 17.2 Å². The first-order valence-corrected chi connectivity index (χ1v) is 7.57. The quantitative estimate of drug-likeness (QED) is 0.671. The summed E-state index contributed by atoms with van der Waals surface area (Å²) >= 11 is 0. The zero-order chi connectivity index (χ0) is 15.8. The van der Waals surface area contributed by atoms with Crippen molar-refractivity contribution in [2.75, 3.05) is 11.9 Å². The molecule has 0 saturated heterocycles. The second-order valence-corrected chi connectivity index (χ2v) is 5.71. The molecule has 0 aliphatic carbocycles. The van der Waals surface area contributed by atoms with Gasteiger partial charge < -0.3 is 4.90 Å². The van der Waals surface area contributed by atoms with E-state index in [1.165, 1.54) is 0 Å². The second kappa shape index (κ2) is 5.26. The van der Waals surface area contributed by atoms with Crippen molar-refractivity contribution in [1.29, 1.82) is 5.26 Å². The van der Waals surface area contributed by atoms with E-state index in [2.05, 4.69) is 17.0 Å². The summed E-state index contributed by atoms with van der Waals surface area (Å²) in [4.78, 5) is 6.82. The first kappa shape index (κ1) is 13.5. The molecule has 0 fully saturated rings. The standard InChI is InChI=1S/C20H15N3/c1-23-13-17(16(12-21)15-7-3-5-9-20(15)23)19-11-10-14-6-2-4-8-18(14)22-19/h2-11,13,16H,1H3/t16-/m1/s1. The molecule has 1 aliphatic rings. The van der Waals surface area contributed by atoms with Crippen molar-refractivity contribution in [3.63, 3.8) is 0 Å². The first-order chi connectivity index (χ1) is 11.3. The Kier molecular flexibility index (Phi) is 3.09. The lowest BCUT2D eigenvalue weighted by Gasteiger charge is -2.29. The van der Waals surface area contributed by atoms with E-state index in [4.69, 9.17) is 4.98 Å². The molecule has 0 spiro atoms. The highest BCUT2D eigenvalue weighted by Crippen LogP contribution is 2.40. The Labute approximate surface area is 135 Å². The maximum Gasteiger partial charge on any atom is 0.102 e. The maximum absolute atomic E-state index is 9.73. The second-order valence-electron chi connectivity index (χ2n) is 5.71. The highest BCUT2D eigenvalue weighted by Gasteiger charge is 2.27. The summed E-state index contributed by atoms with van der Waals surface area (Å²) in [6, 6.07) is 22.6. The summed E-state index contributed by atoms with van der Waals surface area (Å²) in [6.45, 7) is 0. The number of hydrogen-bond donors (Lipinski definition) is 0. The number of hydrogen-bond acceptors (Lipinski definition) is 3. The lowest BCUT2D eigenvalue weighted by atomic mass is 9.86. The van der Waals surface area contributed by atoms with E-state index in [0.29, 0.717) is 0 Å². The molecule has 0 saturated carbocycles. The van der Waals surface area contributed by atoms with Gasteiger partial charge in [-0.3, -0.25) is 0 Å². The van der Waals surface area contributed by atoms with Gasteiger partial charge in [-0.1, -0.05) is 42.5 Å². The highest BCUT2D eigenvalue weighted by molar-refractivity contribution is 5.85. The minimum absolute atomic E-state index is 0.295.